The standard InChI is InChI=1S/C15H25BIO9P/c1-3-14(20)24-8-12(19)7-22-5-11(18)6-23-9-13(26-27(16)17)10-25-15(21)4-2/h3-4,11-13,18-19H,1-2,5-10,16H2. The second-order valence-electron chi connectivity index (χ2n) is 5.20. The van der Waals surface area contributed by atoms with Crippen molar-refractivity contribution >= 4 is 47.2 Å². The average molecular weight is 518 g/mol. The van der Waals surface area contributed by atoms with E-state index in [1.807, 2.05) is 7.57 Å². The van der Waals surface area contributed by atoms with Crippen molar-refractivity contribution in [2.24, 2.45) is 0 Å². The van der Waals surface area contributed by atoms with Crippen molar-refractivity contribution in [3.05, 3.63) is 25.3 Å². The fraction of sp³-hybridized carbons (Fsp3) is 0.600. The Bertz CT molecular complexity index is 467. The van der Waals surface area contributed by atoms with Crippen molar-refractivity contribution in [2.75, 3.05) is 39.6 Å². The molecule has 0 radical (unpaired) electrons. The number of ether oxygens (including phenoxy) is 4. The lowest BCUT2D eigenvalue weighted by Crippen LogP contribution is -2.30. The Kier molecular flexibility index (Phi) is 16.1. The van der Waals surface area contributed by atoms with Crippen LogP contribution >= 0.6 is 27.7 Å². The molecule has 12 heteroatoms. The molecule has 0 rings (SSSR count). The topological polar surface area (TPSA) is 121 Å². The van der Waals surface area contributed by atoms with Crippen LogP contribution < -0.4 is 0 Å². The average Bonchev–Trinajstić information content (AvgIpc) is 2.63. The molecule has 2 N–H and O–H groups in total. The monoisotopic (exact) mass is 518 g/mol. The number of esters is 2. The molecule has 0 aromatic carbocycles. The fourth-order valence-corrected chi connectivity index (χ4v) is 3.05. The summed E-state index contributed by atoms with van der Waals surface area (Å²) in [6.07, 6.45) is -0.343. The molecular weight excluding hydrogens is 493 g/mol. The second-order valence-corrected chi connectivity index (χ2v) is 10.3. The van der Waals surface area contributed by atoms with Crippen LogP contribution in [0.1, 0.15) is 0 Å². The van der Waals surface area contributed by atoms with Gasteiger partial charge in [0.15, 0.2) is 7.57 Å². The number of carbonyl (C=O) groups excluding carboxylic acids is 2. The third-order valence-electron chi connectivity index (χ3n) is 2.69. The zero-order valence-electron chi connectivity index (χ0n) is 15.1. The Labute approximate surface area is 173 Å². The maximum absolute atomic E-state index is 11.1. The zero-order chi connectivity index (χ0) is 20.7. The lowest BCUT2D eigenvalue weighted by Gasteiger charge is -2.20. The largest absolute Gasteiger partial charge is 0.460 e. The van der Waals surface area contributed by atoms with Gasteiger partial charge in [-0.15, -0.1) is 0 Å². The Hall–Kier alpha value is -0.555. The van der Waals surface area contributed by atoms with Gasteiger partial charge in [-0.3, -0.25) is 0 Å². The summed E-state index contributed by atoms with van der Waals surface area (Å²) in [4.78, 5) is 22.0. The number of rotatable bonds is 16. The Morgan fingerprint density at radius 3 is 1.85 bits per heavy atom. The van der Waals surface area contributed by atoms with E-state index in [-0.39, 0.29) is 39.6 Å². The van der Waals surface area contributed by atoms with Crippen LogP contribution in [0.25, 0.3) is 0 Å². The molecule has 0 aliphatic carbocycles. The van der Waals surface area contributed by atoms with E-state index < -0.39 is 35.9 Å². The molecule has 0 spiro atoms. The minimum atomic E-state index is -1.01. The molecule has 0 aliphatic heterocycles. The summed E-state index contributed by atoms with van der Waals surface area (Å²) in [7, 11) is 1.89. The van der Waals surface area contributed by atoms with E-state index in [0.717, 1.165) is 12.2 Å². The molecule has 154 valence electrons. The van der Waals surface area contributed by atoms with Crippen LogP contribution in [0.4, 0.5) is 0 Å². The van der Waals surface area contributed by atoms with Gasteiger partial charge in [0.1, 0.15) is 31.5 Å². The lowest BCUT2D eigenvalue weighted by atomic mass is 10.3. The number of aliphatic hydroxyl groups is 2. The summed E-state index contributed by atoms with van der Waals surface area (Å²) >= 11 is 2.12. The molecule has 0 bridgehead atoms. The Morgan fingerprint density at radius 2 is 1.37 bits per heavy atom. The molecule has 0 aromatic rings. The predicted molar refractivity (Wildman–Crippen MR) is 110 cm³/mol. The van der Waals surface area contributed by atoms with Gasteiger partial charge in [0.25, 0.3) is 0 Å². The van der Waals surface area contributed by atoms with E-state index in [1.165, 1.54) is 0 Å². The van der Waals surface area contributed by atoms with E-state index in [4.69, 9.17) is 18.7 Å². The fourth-order valence-electron chi connectivity index (χ4n) is 1.56. The minimum Gasteiger partial charge on any atom is -0.460 e. The molecule has 9 nitrogen and oxygen atoms in total. The number of hydrogen-bond donors (Lipinski definition) is 2. The highest BCUT2D eigenvalue weighted by Crippen LogP contribution is 2.41. The van der Waals surface area contributed by atoms with E-state index in [9.17, 15) is 19.8 Å². The van der Waals surface area contributed by atoms with Crippen molar-refractivity contribution < 1.29 is 43.3 Å². The summed E-state index contributed by atoms with van der Waals surface area (Å²) in [5.74, 6) is -1.19. The van der Waals surface area contributed by atoms with Gasteiger partial charge >= 0.3 is 11.9 Å². The van der Waals surface area contributed by atoms with Crippen molar-refractivity contribution in [3.8, 4) is 0 Å². The quantitative estimate of drug-likeness (QED) is 0.0948. The summed E-state index contributed by atoms with van der Waals surface area (Å²) in [6.45, 7) is 6.25. The maximum atomic E-state index is 11.1. The minimum absolute atomic E-state index is 0.0166. The van der Waals surface area contributed by atoms with Gasteiger partial charge in [-0.1, -0.05) is 13.2 Å². The highest BCUT2D eigenvalue weighted by atomic mass is 127. The first-order chi connectivity index (χ1) is 12.8. The molecule has 0 fully saturated rings. The van der Waals surface area contributed by atoms with Crippen LogP contribution in [0.5, 0.6) is 0 Å². The Balaban J connectivity index is 3.96. The first-order valence-corrected chi connectivity index (χ1v) is 12.4. The second kappa shape index (κ2) is 16.4. The van der Waals surface area contributed by atoms with Crippen molar-refractivity contribution in [3.63, 3.8) is 0 Å². The van der Waals surface area contributed by atoms with Crippen molar-refractivity contribution in [1.29, 1.82) is 0 Å². The Morgan fingerprint density at radius 1 is 0.926 bits per heavy atom. The van der Waals surface area contributed by atoms with Gasteiger partial charge in [-0.2, -0.15) is 0 Å². The predicted octanol–water partition coefficient (Wildman–Crippen LogP) is -0.120. The van der Waals surface area contributed by atoms with Crippen LogP contribution in [0, 0.1) is 0 Å². The highest BCUT2D eigenvalue weighted by Gasteiger charge is 2.16. The molecule has 0 aliphatic rings. The summed E-state index contributed by atoms with van der Waals surface area (Å²) < 4.78 is 25.7. The van der Waals surface area contributed by atoms with Crippen LogP contribution in [-0.2, 0) is 33.1 Å². The SMILES string of the molecule is BP(I)OC(COCC(O)COCC(O)COC(=O)C=C)COC(=O)C=C. The van der Waals surface area contributed by atoms with Crippen molar-refractivity contribution in [2.45, 2.75) is 18.3 Å². The number of carbonyl (C=O) groups is 2. The van der Waals surface area contributed by atoms with Crippen LogP contribution in [0.2, 0.25) is 0 Å². The molecule has 0 saturated heterocycles. The van der Waals surface area contributed by atoms with Crippen LogP contribution in [-0.4, -0.2) is 87.7 Å². The molecule has 0 aromatic heterocycles. The van der Waals surface area contributed by atoms with Gasteiger partial charge in [-0.05, 0) is 22.0 Å². The first-order valence-electron chi connectivity index (χ1n) is 7.94. The van der Waals surface area contributed by atoms with E-state index >= 15 is 0 Å². The number of halogens is 1. The van der Waals surface area contributed by atoms with Crippen molar-refractivity contribution in [1.82, 2.24) is 0 Å². The molecular formula is C15H25BIO9P. The molecule has 27 heavy (non-hydrogen) atoms. The van der Waals surface area contributed by atoms with Gasteiger partial charge in [0.2, 0.25) is 0 Å². The highest BCUT2D eigenvalue weighted by molar-refractivity contribution is 14.2. The summed E-state index contributed by atoms with van der Waals surface area (Å²) in [6, 6.07) is 0. The summed E-state index contributed by atoms with van der Waals surface area (Å²) in [5, 5.41) is 19.4. The normalized spacial score (nSPS) is 15.2. The van der Waals surface area contributed by atoms with E-state index in [2.05, 4.69) is 39.9 Å². The smallest absolute Gasteiger partial charge is 0.330 e. The number of hydrogen-bond acceptors (Lipinski definition) is 9. The number of aliphatic hydroxyl groups excluding tert-OH is 2. The molecule has 0 heterocycles. The van der Waals surface area contributed by atoms with E-state index in [0.29, 0.717) is 0 Å². The van der Waals surface area contributed by atoms with Crippen LogP contribution in [0.3, 0.4) is 0 Å². The maximum Gasteiger partial charge on any atom is 0.330 e. The molecule has 0 saturated carbocycles. The van der Waals surface area contributed by atoms with Gasteiger partial charge in [0, 0.05) is 17.8 Å². The lowest BCUT2D eigenvalue weighted by molar-refractivity contribution is -0.142. The van der Waals surface area contributed by atoms with E-state index in [1.54, 1.807) is 0 Å². The molecule has 0 amide bonds. The molecule has 4 unspecified atom stereocenters. The zero-order valence-corrected chi connectivity index (χ0v) is 18.2. The van der Waals surface area contributed by atoms with Gasteiger partial charge in [0.05, 0.1) is 26.4 Å². The third-order valence-corrected chi connectivity index (χ3v) is 3.96. The van der Waals surface area contributed by atoms with Gasteiger partial charge in [-0.25, -0.2) is 9.59 Å². The van der Waals surface area contributed by atoms with Gasteiger partial charge < -0.3 is 33.7 Å². The summed E-state index contributed by atoms with van der Waals surface area (Å²) in [5.41, 5.74) is -0.717. The van der Waals surface area contributed by atoms with Crippen LogP contribution in [0.15, 0.2) is 25.3 Å². The molecule has 4 atom stereocenters. The first kappa shape index (κ1) is 26.4. The third kappa shape index (κ3) is 16.1.